The quantitative estimate of drug-likeness (QED) is 0.757. The predicted octanol–water partition coefficient (Wildman–Crippen LogP) is 3.23. The van der Waals surface area contributed by atoms with Gasteiger partial charge in [0.2, 0.25) is 0 Å². The highest BCUT2D eigenvalue weighted by Gasteiger charge is 2.34. The summed E-state index contributed by atoms with van der Waals surface area (Å²) in [6, 6.07) is 4.74. The molecule has 0 unspecified atom stereocenters. The number of hydrogen-bond acceptors (Lipinski definition) is 4. The van der Waals surface area contributed by atoms with Crippen molar-refractivity contribution < 1.29 is 24.5 Å². The van der Waals surface area contributed by atoms with E-state index in [2.05, 4.69) is 13.8 Å². The van der Waals surface area contributed by atoms with E-state index in [-0.39, 0.29) is 13.0 Å². The van der Waals surface area contributed by atoms with Crippen LogP contribution in [-0.2, 0) is 16.1 Å². The second-order valence-electron chi connectivity index (χ2n) is 7.95. The third-order valence-electron chi connectivity index (χ3n) is 5.48. The van der Waals surface area contributed by atoms with E-state index in [1.165, 1.54) is 0 Å². The Kier molecular flexibility index (Phi) is 5.93. The maximum Gasteiger partial charge on any atom is 0.325 e. The van der Waals surface area contributed by atoms with Crippen molar-refractivity contribution in [1.29, 1.82) is 0 Å². The molecule has 1 aliphatic rings. The minimum atomic E-state index is -0.888. The molecular formula is C21H28N2O5. The number of ether oxygens (including phenoxy) is 1. The van der Waals surface area contributed by atoms with E-state index in [4.69, 9.17) is 9.84 Å². The number of aliphatic carboxylic acids is 2. The average Bonchev–Trinajstić information content (AvgIpc) is 2.96. The second kappa shape index (κ2) is 8.22. The zero-order valence-corrected chi connectivity index (χ0v) is 16.6. The van der Waals surface area contributed by atoms with Crippen LogP contribution in [0, 0.1) is 11.8 Å². The van der Waals surface area contributed by atoms with Crippen LogP contribution in [0.4, 0.5) is 0 Å². The van der Waals surface area contributed by atoms with Crippen molar-refractivity contribution in [2.45, 2.75) is 39.3 Å². The number of likely N-dealkylation sites (tertiary alicyclic amines) is 1. The molecular weight excluding hydrogens is 360 g/mol. The van der Waals surface area contributed by atoms with Crippen molar-refractivity contribution in [3.05, 3.63) is 30.0 Å². The number of piperidine rings is 1. The number of nitrogens with zero attached hydrogens (tertiary/aromatic N) is 2. The van der Waals surface area contributed by atoms with Crippen LogP contribution in [0.15, 0.2) is 24.4 Å². The SMILES string of the molecule is COc1ccc2c(c1)c([C@@H](C(=O)O)N1C[C@@H](C)C[C@H](C)C1)cn2CCC(=O)O. The predicted molar refractivity (Wildman–Crippen MR) is 106 cm³/mol. The highest BCUT2D eigenvalue weighted by molar-refractivity contribution is 5.90. The van der Waals surface area contributed by atoms with E-state index < -0.39 is 18.0 Å². The van der Waals surface area contributed by atoms with Crippen LogP contribution in [-0.4, -0.2) is 51.8 Å². The molecule has 1 fully saturated rings. The molecule has 2 heterocycles. The number of methoxy groups -OCH3 is 1. The second-order valence-corrected chi connectivity index (χ2v) is 7.95. The maximum absolute atomic E-state index is 12.3. The Morgan fingerprint density at radius 1 is 1.21 bits per heavy atom. The largest absolute Gasteiger partial charge is 0.497 e. The zero-order valence-electron chi connectivity index (χ0n) is 16.6. The van der Waals surface area contributed by atoms with Gasteiger partial charge in [0.05, 0.1) is 13.5 Å². The number of aryl methyl sites for hydroxylation is 1. The molecule has 152 valence electrons. The first-order chi connectivity index (χ1) is 13.3. The van der Waals surface area contributed by atoms with Gasteiger partial charge in [0.1, 0.15) is 11.8 Å². The Bertz CT molecular complexity index is 865. The summed E-state index contributed by atoms with van der Waals surface area (Å²) < 4.78 is 7.18. The number of carbonyl (C=O) groups is 2. The summed E-state index contributed by atoms with van der Waals surface area (Å²) in [7, 11) is 1.57. The number of carboxylic acids is 2. The zero-order chi connectivity index (χ0) is 20.4. The first kappa shape index (κ1) is 20.2. The van der Waals surface area contributed by atoms with Gasteiger partial charge in [0, 0.05) is 42.3 Å². The lowest BCUT2D eigenvalue weighted by molar-refractivity contribution is -0.144. The van der Waals surface area contributed by atoms with Crippen molar-refractivity contribution in [2.24, 2.45) is 11.8 Å². The summed E-state index contributed by atoms with van der Waals surface area (Å²) in [5, 5.41) is 19.9. The summed E-state index contributed by atoms with van der Waals surface area (Å²) in [5.74, 6) is -0.262. The molecule has 1 aromatic carbocycles. The van der Waals surface area contributed by atoms with Gasteiger partial charge >= 0.3 is 11.9 Å². The average molecular weight is 388 g/mol. The fraction of sp³-hybridized carbons (Fsp3) is 0.524. The molecule has 0 radical (unpaired) electrons. The first-order valence-electron chi connectivity index (χ1n) is 9.65. The van der Waals surface area contributed by atoms with Gasteiger partial charge in [0.25, 0.3) is 0 Å². The molecule has 0 spiro atoms. The summed E-state index contributed by atoms with van der Waals surface area (Å²) in [6.45, 7) is 6.05. The topological polar surface area (TPSA) is 92.0 Å². The van der Waals surface area contributed by atoms with Crippen LogP contribution < -0.4 is 4.74 Å². The summed E-state index contributed by atoms with van der Waals surface area (Å²) in [5.41, 5.74) is 1.51. The first-order valence-corrected chi connectivity index (χ1v) is 9.65. The standard InChI is InChI=1S/C21H28N2O5/c1-13-8-14(2)11-23(10-13)20(21(26)27)17-12-22(7-6-19(24)25)18-5-4-15(28-3)9-16(17)18/h4-5,9,12-14,20H,6-8,10-11H2,1-3H3,(H,24,25)(H,26,27)/t13-,14-,20-/m0/s1. The van der Waals surface area contributed by atoms with Crippen molar-refractivity contribution in [3.63, 3.8) is 0 Å². The molecule has 3 atom stereocenters. The molecule has 1 aliphatic heterocycles. The van der Waals surface area contributed by atoms with Gasteiger partial charge in [-0.3, -0.25) is 14.5 Å². The van der Waals surface area contributed by atoms with E-state index in [1.807, 2.05) is 27.7 Å². The van der Waals surface area contributed by atoms with Gasteiger partial charge < -0.3 is 19.5 Å². The van der Waals surface area contributed by atoms with Crippen molar-refractivity contribution in [2.75, 3.05) is 20.2 Å². The smallest absolute Gasteiger partial charge is 0.325 e. The Morgan fingerprint density at radius 3 is 2.46 bits per heavy atom. The lowest BCUT2D eigenvalue weighted by Gasteiger charge is -2.38. The fourth-order valence-electron chi connectivity index (χ4n) is 4.46. The van der Waals surface area contributed by atoms with E-state index in [1.54, 1.807) is 13.3 Å². The highest BCUT2D eigenvalue weighted by atomic mass is 16.5. The summed E-state index contributed by atoms with van der Waals surface area (Å²) in [4.78, 5) is 25.4. The summed E-state index contributed by atoms with van der Waals surface area (Å²) >= 11 is 0. The van der Waals surface area contributed by atoms with E-state index >= 15 is 0 Å². The van der Waals surface area contributed by atoms with E-state index in [0.29, 0.717) is 23.1 Å². The van der Waals surface area contributed by atoms with Crippen LogP contribution in [0.2, 0.25) is 0 Å². The van der Waals surface area contributed by atoms with Gasteiger partial charge in [0.15, 0.2) is 0 Å². The normalized spacial score (nSPS) is 21.5. The third kappa shape index (κ3) is 4.14. The Hall–Kier alpha value is -2.54. The van der Waals surface area contributed by atoms with Gasteiger partial charge in [-0.2, -0.15) is 0 Å². The third-order valence-corrected chi connectivity index (χ3v) is 5.48. The molecule has 2 aromatic rings. The van der Waals surface area contributed by atoms with Crippen LogP contribution in [0.1, 0.15) is 38.3 Å². The Morgan fingerprint density at radius 2 is 1.89 bits per heavy atom. The van der Waals surface area contributed by atoms with Crippen LogP contribution in [0.3, 0.4) is 0 Å². The van der Waals surface area contributed by atoms with Crippen molar-refractivity contribution >= 4 is 22.8 Å². The molecule has 0 amide bonds. The number of fused-ring (bicyclic) bond motifs is 1. The number of hydrogen-bond donors (Lipinski definition) is 2. The Labute approximate surface area is 164 Å². The maximum atomic E-state index is 12.3. The number of aromatic nitrogens is 1. The summed E-state index contributed by atoms with van der Waals surface area (Å²) in [6.07, 6.45) is 2.87. The molecule has 0 bridgehead atoms. The van der Waals surface area contributed by atoms with Crippen LogP contribution in [0.25, 0.3) is 10.9 Å². The van der Waals surface area contributed by atoms with E-state index in [0.717, 1.165) is 30.4 Å². The number of rotatable bonds is 7. The van der Waals surface area contributed by atoms with Gasteiger partial charge in [-0.25, -0.2) is 0 Å². The molecule has 7 heteroatoms. The monoisotopic (exact) mass is 388 g/mol. The fourth-order valence-corrected chi connectivity index (χ4v) is 4.46. The van der Waals surface area contributed by atoms with Crippen molar-refractivity contribution in [1.82, 2.24) is 9.47 Å². The Balaban J connectivity index is 2.09. The van der Waals surface area contributed by atoms with Gasteiger partial charge in [-0.05, 0) is 36.5 Å². The van der Waals surface area contributed by atoms with E-state index in [9.17, 15) is 14.7 Å². The lowest BCUT2D eigenvalue weighted by atomic mass is 9.89. The molecule has 0 aliphatic carbocycles. The number of benzene rings is 1. The highest BCUT2D eigenvalue weighted by Crippen LogP contribution is 2.36. The molecule has 28 heavy (non-hydrogen) atoms. The molecule has 1 aromatic heterocycles. The van der Waals surface area contributed by atoms with Crippen LogP contribution in [0.5, 0.6) is 5.75 Å². The minimum Gasteiger partial charge on any atom is -0.497 e. The molecule has 7 nitrogen and oxygen atoms in total. The van der Waals surface area contributed by atoms with Crippen molar-refractivity contribution in [3.8, 4) is 5.75 Å². The molecule has 2 N–H and O–H groups in total. The van der Waals surface area contributed by atoms with Gasteiger partial charge in [-0.15, -0.1) is 0 Å². The van der Waals surface area contributed by atoms with Gasteiger partial charge in [-0.1, -0.05) is 13.8 Å². The molecule has 0 saturated carbocycles. The molecule has 1 saturated heterocycles. The molecule has 3 rings (SSSR count). The lowest BCUT2D eigenvalue weighted by Crippen LogP contribution is -2.43. The van der Waals surface area contributed by atoms with Crippen LogP contribution >= 0.6 is 0 Å². The minimum absolute atomic E-state index is 0.0230. The number of carboxylic acid groups (broad SMARTS) is 2.